The Hall–Kier alpha value is -1.84. The van der Waals surface area contributed by atoms with E-state index in [4.69, 9.17) is 5.11 Å². The topological polar surface area (TPSA) is 83.5 Å². The number of nitrogens with one attached hydrogen (secondary N) is 1. The molecule has 0 radical (unpaired) electrons. The summed E-state index contributed by atoms with van der Waals surface area (Å²) in [6.45, 7) is 1.96. The Labute approximate surface area is 125 Å². The maximum atomic E-state index is 11.6. The van der Waals surface area contributed by atoms with E-state index in [1.165, 1.54) is 0 Å². The predicted octanol–water partition coefficient (Wildman–Crippen LogP) is 0.966. The molecule has 114 valence electrons. The van der Waals surface area contributed by atoms with Gasteiger partial charge in [-0.15, -0.1) is 0 Å². The largest absolute Gasteiger partial charge is 0.395 e. The molecule has 5 nitrogen and oxygen atoms in total. The van der Waals surface area contributed by atoms with E-state index in [2.05, 4.69) is 17.2 Å². The molecule has 0 spiro atoms. The Kier molecular flexibility index (Phi) is 6.40. The lowest BCUT2D eigenvalue weighted by atomic mass is 10.1. The summed E-state index contributed by atoms with van der Waals surface area (Å²) < 4.78 is 22.2. The van der Waals surface area contributed by atoms with Gasteiger partial charge in [-0.05, 0) is 30.2 Å². The van der Waals surface area contributed by atoms with E-state index < -0.39 is 21.5 Å². The number of carbonyl (C=O) groups is 1. The molecule has 1 amide bonds. The maximum absolute atomic E-state index is 11.6. The third-order valence-electron chi connectivity index (χ3n) is 2.62. The number of aliphatic hydroxyl groups excluding tert-OH is 1. The molecule has 21 heavy (non-hydrogen) atoms. The number of benzene rings is 1. The van der Waals surface area contributed by atoms with Crippen LogP contribution in [0.4, 0.5) is 5.69 Å². The molecule has 0 bridgehead atoms. The first kappa shape index (κ1) is 17.2. The summed E-state index contributed by atoms with van der Waals surface area (Å²) in [7, 11) is -3.34. The van der Waals surface area contributed by atoms with Crippen LogP contribution in [0.15, 0.2) is 18.2 Å². The highest BCUT2D eigenvalue weighted by molar-refractivity contribution is 7.91. The van der Waals surface area contributed by atoms with Crippen LogP contribution in [0.25, 0.3) is 0 Å². The van der Waals surface area contributed by atoms with E-state index >= 15 is 0 Å². The molecule has 0 heterocycles. The van der Waals surface area contributed by atoms with Gasteiger partial charge in [0.2, 0.25) is 5.91 Å². The quantitative estimate of drug-likeness (QED) is 0.794. The number of hydrogen-bond acceptors (Lipinski definition) is 4. The number of anilines is 1. The van der Waals surface area contributed by atoms with Crippen LogP contribution in [0, 0.1) is 11.8 Å². The lowest BCUT2D eigenvalue weighted by Gasteiger charge is -2.10. The van der Waals surface area contributed by atoms with Crippen LogP contribution in [0.5, 0.6) is 0 Å². The summed E-state index contributed by atoms with van der Waals surface area (Å²) in [5.41, 5.74) is 2.27. The fourth-order valence-electron chi connectivity index (χ4n) is 1.73. The van der Waals surface area contributed by atoms with Crippen molar-refractivity contribution >= 4 is 21.4 Å². The van der Waals surface area contributed by atoms with E-state index in [1.54, 1.807) is 12.1 Å². The third-order valence-corrected chi connectivity index (χ3v) is 3.41. The Bertz CT molecular complexity index is 669. The van der Waals surface area contributed by atoms with Crippen molar-refractivity contribution in [3.8, 4) is 11.8 Å². The minimum absolute atomic E-state index is 0.0211. The van der Waals surface area contributed by atoms with Crippen molar-refractivity contribution in [2.75, 3.05) is 23.9 Å². The monoisotopic (exact) mass is 309 g/mol. The van der Waals surface area contributed by atoms with Gasteiger partial charge in [0.15, 0.2) is 9.84 Å². The van der Waals surface area contributed by atoms with Crippen LogP contribution in [-0.2, 0) is 21.1 Å². The number of amides is 1. The molecule has 0 saturated heterocycles. The normalized spacial score (nSPS) is 10.6. The zero-order chi connectivity index (χ0) is 15.9. The summed E-state index contributed by atoms with van der Waals surface area (Å²) in [5, 5.41) is 11.3. The predicted molar refractivity (Wildman–Crippen MR) is 82.7 cm³/mol. The van der Waals surface area contributed by atoms with Crippen molar-refractivity contribution in [3.05, 3.63) is 29.3 Å². The molecule has 0 unspecified atom stereocenters. The lowest BCUT2D eigenvalue weighted by Crippen LogP contribution is -2.22. The van der Waals surface area contributed by atoms with Gasteiger partial charge in [-0.1, -0.05) is 18.8 Å². The Morgan fingerprint density at radius 1 is 1.38 bits per heavy atom. The zero-order valence-electron chi connectivity index (χ0n) is 12.1. The van der Waals surface area contributed by atoms with Gasteiger partial charge in [0.25, 0.3) is 0 Å². The number of carbonyl (C=O) groups excluding carboxylic acids is 1. The molecule has 0 aliphatic carbocycles. The number of sulfone groups is 1. The highest BCUT2D eigenvalue weighted by atomic mass is 32.2. The van der Waals surface area contributed by atoms with Gasteiger partial charge in [-0.25, -0.2) is 8.42 Å². The Morgan fingerprint density at radius 3 is 2.67 bits per heavy atom. The summed E-state index contributed by atoms with van der Waals surface area (Å²) in [5.74, 6) is 4.66. The molecular formula is C15H19NO4S. The van der Waals surface area contributed by atoms with Gasteiger partial charge in [-0.2, -0.15) is 0 Å². The van der Waals surface area contributed by atoms with Crippen molar-refractivity contribution in [2.24, 2.45) is 0 Å². The van der Waals surface area contributed by atoms with Gasteiger partial charge in [0.05, 0.1) is 6.61 Å². The molecular weight excluding hydrogens is 290 g/mol. The standard InChI is InChI=1S/C15H19NO4S/c1-3-13-10-12(6-4-5-9-17)7-8-14(13)16-15(18)11-21(2,19)20/h7-8,10,17H,3,5,9,11H2,1-2H3,(H,16,18). The molecule has 0 aliphatic heterocycles. The third kappa shape index (κ3) is 6.43. The van der Waals surface area contributed by atoms with Gasteiger partial charge in [-0.3, -0.25) is 4.79 Å². The summed E-state index contributed by atoms with van der Waals surface area (Å²) in [4.78, 5) is 11.6. The van der Waals surface area contributed by atoms with Crippen LogP contribution in [-0.4, -0.2) is 38.0 Å². The van der Waals surface area contributed by atoms with E-state index in [9.17, 15) is 13.2 Å². The van der Waals surface area contributed by atoms with Crippen molar-refractivity contribution in [1.82, 2.24) is 0 Å². The molecule has 0 atom stereocenters. The van der Waals surface area contributed by atoms with Gasteiger partial charge in [0, 0.05) is 23.9 Å². The smallest absolute Gasteiger partial charge is 0.239 e. The van der Waals surface area contributed by atoms with Gasteiger partial charge < -0.3 is 10.4 Å². The van der Waals surface area contributed by atoms with Gasteiger partial charge >= 0.3 is 0 Å². The molecule has 0 fully saturated rings. The number of aryl methyl sites for hydroxylation is 1. The van der Waals surface area contributed by atoms with E-state index in [-0.39, 0.29) is 6.61 Å². The van der Waals surface area contributed by atoms with Crippen molar-refractivity contribution in [3.63, 3.8) is 0 Å². The molecule has 1 aromatic rings. The van der Waals surface area contributed by atoms with Crippen LogP contribution in [0.3, 0.4) is 0 Å². The fraction of sp³-hybridized carbons (Fsp3) is 0.400. The molecule has 0 saturated carbocycles. The SMILES string of the molecule is CCc1cc(C#CCCO)ccc1NC(=O)CS(C)(=O)=O. The minimum atomic E-state index is -3.34. The lowest BCUT2D eigenvalue weighted by molar-refractivity contribution is -0.113. The summed E-state index contributed by atoms with van der Waals surface area (Å²) >= 11 is 0. The van der Waals surface area contributed by atoms with E-state index in [1.807, 2.05) is 13.0 Å². The first-order valence-corrected chi connectivity index (χ1v) is 8.62. The molecule has 6 heteroatoms. The average molecular weight is 309 g/mol. The average Bonchev–Trinajstić information content (AvgIpc) is 2.38. The van der Waals surface area contributed by atoms with Gasteiger partial charge in [0.1, 0.15) is 5.75 Å². The van der Waals surface area contributed by atoms with Crippen molar-refractivity contribution < 1.29 is 18.3 Å². The Balaban J connectivity index is 2.89. The summed E-state index contributed by atoms with van der Waals surface area (Å²) in [6.07, 6.45) is 2.12. The molecule has 1 aromatic carbocycles. The molecule has 2 N–H and O–H groups in total. The molecule has 0 aromatic heterocycles. The molecule has 0 aliphatic rings. The molecule has 1 rings (SSSR count). The van der Waals surface area contributed by atoms with Crippen molar-refractivity contribution in [2.45, 2.75) is 19.8 Å². The second-order valence-corrected chi connectivity index (χ2v) is 6.76. The minimum Gasteiger partial charge on any atom is -0.395 e. The summed E-state index contributed by atoms with van der Waals surface area (Å²) in [6, 6.07) is 5.31. The van der Waals surface area contributed by atoms with Crippen LogP contribution in [0.2, 0.25) is 0 Å². The van der Waals surface area contributed by atoms with Crippen molar-refractivity contribution in [1.29, 1.82) is 0 Å². The highest BCUT2D eigenvalue weighted by Gasteiger charge is 2.12. The number of aliphatic hydroxyl groups is 1. The van der Waals surface area contributed by atoms with Crippen LogP contribution in [0.1, 0.15) is 24.5 Å². The first-order chi connectivity index (χ1) is 9.85. The second kappa shape index (κ2) is 7.81. The van der Waals surface area contributed by atoms with E-state index in [0.29, 0.717) is 18.5 Å². The first-order valence-electron chi connectivity index (χ1n) is 6.56. The number of hydrogen-bond donors (Lipinski definition) is 2. The zero-order valence-corrected chi connectivity index (χ0v) is 13.0. The highest BCUT2D eigenvalue weighted by Crippen LogP contribution is 2.18. The number of rotatable bonds is 5. The second-order valence-electron chi connectivity index (χ2n) is 4.62. The fourth-order valence-corrected chi connectivity index (χ4v) is 2.28. The Morgan fingerprint density at radius 2 is 2.10 bits per heavy atom. The van der Waals surface area contributed by atoms with E-state index in [0.717, 1.165) is 17.4 Å². The van der Waals surface area contributed by atoms with Crippen LogP contribution < -0.4 is 5.32 Å². The maximum Gasteiger partial charge on any atom is 0.239 e. The van der Waals surface area contributed by atoms with Crippen LogP contribution >= 0.6 is 0 Å².